The highest BCUT2D eigenvalue weighted by Gasteiger charge is 2.03. The molecule has 1 aromatic carbocycles. The third-order valence-electron chi connectivity index (χ3n) is 1.75. The summed E-state index contributed by atoms with van der Waals surface area (Å²) >= 11 is 0. The van der Waals surface area contributed by atoms with Crippen molar-refractivity contribution in [1.29, 1.82) is 0 Å². The molecule has 0 atom stereocenters. The lowest BCUT2D eigenvalue weighted by molar-refractivity contribution is -0.111. The number of hydrogen-bond donors (Lipinski definition) is 2. The molecule has 4 nitrogen and oxygen atoms in total. The number of rotatable bonds is 1. The van der Waals surface area contributed by atoms with E-state index in [2.05, 4.69) is 15.3 Å². The van der Waals surface area contributed by atoms with E-state index in [1.165, 1.54) is 0 Å². The van der Waals surface area contributed by atoms with Crippen molar-refractivity contribution in [3.05, 3.63) is 24.3 Å². The van der Waals surface area contributed by atoms with Gasteiger partial charge in [-0.3, -0.25) is 10.1 Å². The normalized spacial score (nSPS) is 9.64. The van der Waals surface area contributed by atoms with Gasteiger partial charge in [0.25, 0.3) is 0 Å². The smallest absolute Gasteiger partial charge is 0.302 e. The van der Waals surface area contributed by atoms with Gasteiger partial charge in [0.05, 0.1) is 11.0 Å². The van der Waals surface area contributed by atoms with E-state index in [9.17, 15) is 4.79 Å². The van der Waals surface area contributed by atoms with Crippen molar-refractivity contribution in [2.24, 2.45) is 0 Å². The number of anilines is 1. The summed E-state index contributed by atoms with van der Waals surface area (Å²) in [5.74, 6) is 1.81. The molecule has 0 aliphatic heterocycles. The average molecular weight is 185 g/mol. The van der Waals surface area contributed by atoms with Gasteiger partial charge in [0.2, 0.25) is 5.95 Å². The monoisotopic (exact) mass is 185 g/mol. The number of terminal acetylenes is 1. The van der Waals surface area contributed by atoms with Crippen LogP contribution in [0.4, 0.5) is 5.95 Å². The van der Waals surface area contributed by atoms with E-state index in [0.29, 0.717) is 5.95 Å². The molecular weight excluding hydrogens is 178 g/mol. The number of fused-ring (bicyclic) bond motifs is 1. The summed E-state index contributed by atoms with van der Waals surface area (Å²) < 4.78 is 0. The first-order chi connectivity index (χ1) is 6.79. The van der Waals surface area contributed by atoms with Gasteiger partial charge in [0, 0.05) is 0 Å². The van der Waals surface area contributed by atoms with E-state index in [4.69, 9.17) is 6.42 Å². The Morgan fingerprint density at radius 1 is 1.50 bits per heavy atom. The number of hydrogen-bond acceptors (Lipinski definition) is 2. The summed E-state index contributed by atoms with van der Waals surface area (Å²) in [6.07, 6.45) is 4.91. The van der Waals surface area contributed by atoms with E-state index in [1.807, 2.05) is 30.2 Å². The Hall–Kier alpha value is -2.28. The van der Waals surface area contributed by atoms with E-state index in [-0.39, 0.29) is 0 Å². The highest BCUT2D eigenvalue weighted by atomic mass is 16.1. The first kappa shape index (κ1) is 8.32. The predicted octanol–water partition coefficient (Wildman–Crippen LogP) is 1.13. The maximum absolute atomic E-state index is 10.9. The molecule has 0 bridgehead atoms. The number of carbonyl (C=O) groups excluding carboxylic acids is 1. The minimum Gasteiger partial charge on any atom is -0.324 e. The van der Waals surface area contributed by atoms with Crippen LogP contribution in [0.3, 0.4) is 0 Å². The zero-order valence-corrected chi connectivity index (χ0v) is 7.24. The number of carbonyl (C=O) groups is 1. The van der Waals surface area contributed by atoms with Crippen molar-refractivity contribution >= 4 is 22.9 Å². The van der Waals surface area contributed by atoms with Gasteiger partial charge in [-0.25, -0.2) is 4.98 Å². The quantitative estimate of drug-likeness (QED) is 0.654. The predicted molar refractivity (Wildman–Crippen MR) is 53.6 cm³/mol. The van der Waals surface area contributed by atoms with Crippen LogP contribution >= 0.6 is 0 Å². The molecule has 68 valence electrons. The molecule has 0 fully saturated rings. The number of aromatic amines is 1. The van der Waals surface area contributed by atoms with Gasteiger partial charge >= 0.3 is 5.91 Å². The fourth-order valence-corrected chi connectivity index (χ4v) is 1.16. The number of H-pyrrole nitrogens is 1. The van der Waals surface area contributed by atoms with Crippen molar-refractivity contribution in [3.8, 4) is 12.3 Å². The van der Waals surface area contributed by atoms with Crippen LogP contribution in [0.5, 0.6) is 0 Å². The Bertz CT molecular complexity index is 488. The number of nitrogens with zero attached hydrogens (tertiary/aromatic N) is 1. The Labute approximate surface area is 80.3 Å². The molecule has 1 amide bonds. The Morgan fingerprint density at radius 3 is 3.00 bits per heavy atom. The third kappa shape index (κ3) is 1.43. The highest BCUT2D eigenvalue weighted by Crippen LogP contribution is 2.12. The summed E-state index contributed by atoms with van der Waals surface area (Å²) in [7, 11) is 0. The molecule has 0 saturated carbocycles. The molecular formula is C10H7N3O. The number of amides is 1. The van der Waals surface area contributed by atoms with Gasteiger partial charge in [0.1, 0.15) is 0 Å². The molecule has 2 N–H and O–H groups in total. The second kappa shape index (κ2) is 3.23. The molecule has 1 heterocycles. The van der Waals surface area contributed by atoms with Crippen LogP contribution in [0, 0.1) is 12.3 Å². The maximum Gasteiger partial charge on any atom is 0.302 e. The van der Waals surface area contributed by atoms with Crippen LogP contribution in [0.15, 0.2) is 24.3 Å². The zero-order valence-electron chi connectivity index (χ0n) is 7.24. The number of nitrogens with one attached hydrogen (secondary N) is 2. The average Bonchev–Trinajstić information content (AvgIpc) is 2.59. The molecule has 0 radical (unpaired) electrons. The third-order valence-corrected chi connectivity index (χ3v) is 1.75. The van der Waals surface area contributed by atoms with Gasteiger partial charge < -0.3 is 4.98 Å². The van der Waals surface area contributed by atoms with Crippen LogP contribution in [0.2, 0.25) is 0 Å². The molecule has 4 heteroatoms. The van der Waals surface area contributed by atoms with Crippen molar-refractivity contribution in [2.75, 3.05) is 5.32 Å². The lowest BCUT2D eigenvalue weighted by Crippen LogP contribution is -2.08. The summed E-state index contributed by atoms with van der Waals surface area (Å²) in [4.78, 5) is 17.9. The molecule has 0 aliphatic rings. The molecule has 2 aromatic rings. The summed E-state index contributed by atoms with van der Waals surface area (Å²) in [6.45, 7) is 0. The van der Waals surface area contributed by atoms with Crippen molar-refractivity contribution in [2.45, 2.75) is 0 Å². The highest BCUT2D eigenvalue weighted by molar-refractivity contribution is 6.03. The maximum atomic E-state index is 10.9. The first-order valence-corrected chi connectivity index (χ1v) is 4.02. The lowest BCUT2D eigenvalue weighted by atomic mass is 10.3. The fourth-order valence-electron chi connectivity index (χ4n) is 1.16. The summed E-state index contributed by atoms with van der Waals surface area (Å²) in [5.41, 5.74) is 1.65. The van der Waals surface area contributed by atoms with Gasteiger partial charge in [-0.15, -0.1) is 6.42 Å². The molecule has 1 aromatic heterocycles. The van der Waals surface area contributed by atoms with Crippen molar-refractivity contribution < 1.29 is 4.79 Å². The van der Waals surface area contributed by atoms with Gasteiger partial charge in [0.15, 0.2) is 0 Å². The summed E-state index contributed by atoms with van der Waals surface area (Å²) in [6, 6.07) is 7.47. The summed E-state index contributed by atoms with van der Waals surface area (Å²) in [5, 5.41) is 2.44. The van der Waals surface area contributed by atoms with E-state index < -0.39 is 5.91 Å². The van der Waals surface area contributed by atoms with Gasteiger partial charge in [-0.2, -0.15) is 0 Å². The number of para-hydroxylation sites is 2. The van der Waals surface area contributed by atoms with Gasteiger partial charge in [-0.1, -0.05) is 12.1 Å². The van der Waals surface area contributed by atoms with Crippen LogP contribution in [0.25, 0.3) is 11.0 Å². The Kier molecular flexibility index (Phi) is 1.92. The number of benzene rings is 1. The minimum atomic E-state index is -0.510. The first-order valence-electron chi connectivity index (χ1n) is 4.02. The zero-order chi connectivity index (χ0) is 9.97. The molecule has 14 heavy (non-hydrogen) atoms. The topological polar surface area (TPSA) is 57.8 Å². The molecule has 0 spiro atoms. The molecule has 0 unspecified atom stereocenters. The molecule has 2 rings (SSSR count). The molecule has 0 saturated heterocycles. The SMILES string of the molecule is C#CC(=O)Nc1nc2ccccc2[nH]1. The fraction of sp³-hybridized carbons (Fsp3) is 0. The van der Waals surface area contributed by atoms with Gasteiger partial charge in [-0.05, 0) is 18.1 Å². The van der Waals surface area contributed by atoms with E-state index in [0.717, 1.165) is 11.0 Å². The number of imidazole rings is 1. The number of aromatic nitrogens is 2. The second-order valence-corrected chi connectivity index (χ2v) is 2.70. The van der Waals surface area contributed by atoms with Crippen LogP contribution in [0.1, 0.15) is 0 Å². The van der Waals surface area contributed by atoms with E-state index >= 15 is 0 Å². The Morgan fingerprint density at radius 2 is 2.29 bits per heavy atom. The van der Waals surface area contributed by atoms with Crippen LogP contribution in [-0.4, -0.2) is 15.9 Å². The Balaban J connectivity index is 2.37. The second-order valence-electron chi connectivity index (χ2n) is 2.70. The van der Waals surface area contributed by atoms with Crippen molar-refractivity contribution in [1.82, 2.24) is 9.97 Å². The minimum absolute atomic E-state index is 0.370. The lowest BCUT2D eigenvalue weighted by Gasteiger charge is -1.91. The van der Waals surface area contributed by atoms with E-state index in [1.54, 1.807) is 0 Å². The largest absolute Gasteiger partial charge is 0.324 e. The molecule has 0 aliphatic carbocycles. The standard InChI is InChI=1S/C10H7N3O/c1-2-9(14)13-10-11-7-5-3-4-6-8(7)12-10/h1,3-6H,(H2,11,12,13,14). The van der Waals surface area contributed by atoms with Crippen molar-refractivity contribution in [3.63, 3.8) is 0 Å². The van der Waals surface area contributed by atoms with Crippen LogP contribution in [-0.2, 0) is 4.79 Å². The van der Waals surface area contributed by atoms with Crippen LogP contribution < -0.4 is 5.32 Å².